The van der Waals surface area contributed by atoms with Crippen molar-refractivity contribution in [3.63, 3.8) is 0 Å². The maximum atomic E-state index is 11.1. The van der Waals surface area contributed by atoms with Crippen molar-refractivity contribution in [2.24, 2.45) is 5.92 Å². The van der Waals surface area contributed by atoms with Gasteiger partial charge in [0.1, 0.15) is 11.5 Å². The van der Waals surface area contributed by atoms with Crippen LogP contribution in [0.1, 0.15) is 25.2 Å². The minimum atomic E-state index is -0.448. The van der Waals surface area contributed by atoms with Gasteiger partial charge < -0.3 is 9.52 Å². The molecule has 0 amide bonds. The van der Waals surface area contributed by atoms with Crippen molar-refractivity contribution < 1.29 is 9.52 Å². The predicted molar refractivity (Wildman–Crippen MR) is 49.9 cm³/mol. The van der Waals surface area contributed by atoms with Crippen LogP contribution in [0, 0.1) is 12.8 Å². The average Bonchev–Trinajstić information content (AvgIpc) is 1.98. The van der Waals surface area contributed by atoms with Crippen LogP contribution in [-0.4, -0.2) is 5.11 Å². The summed E-state index contributed by atoms with van der Waals surface area (Å²) in [5.74, 6) is 0.972. The molecule has 72 valence electrons. The normalized spacial score (nSPS) is 10.8. The van der Waals surface area contributed by atoms with Crippen molar-refractivity contribution in [1.29, 1.82) is 0 Å². The van der Waals surface area contributed by atoms with Crippen LogP contribution in [0.15, 0.2) is 15.3 Å². The lowest BCUT2D eigenvalue weighted by atomic mass is 10.1. The second-order valence-electron chi connectivity index (χ2n) is 3.61. The molecule has 0 spiro atoms. The average molecular weight is 182 g/mol. The Balaban J connectivity index is 3.06. The van der Waals surface area contributed by atoms with Crippen molar-refractivity contribution >= 4 is 0 Å². The minimum Gasteiger partial charge on any atom is -0.507 e. The van der Waals surface area contributed by atoms with Gasteiger partial charge in [-0.05, 0) is 12.8 Å². The van der Waals surface area contributed by atoms with Crippen LogP contribution < -0.4 is 5.63 Å². The van der Waals surface area contributed by atoms with Crippen molar-refractivity contribution in [2.75, 3.05) is 0 Å². The molecule has 3 nitrogen and oxygen atoms in total. The minimum absolute atomic E-state index is 0.0203. The first-order valence-electron chi connectivity index (χ1n) is 4.33. The maximum absolute atomic E-state index is 11.1. The van der Waals surface area contributed by atoms with Gasteiger partial charge in [0, 0.05) is 12.5 Å². The molecule has 13 heavy (non-hydrogen) atoms. The van der Waals surface area contributed by atoms with Crippen molar-refractivity contribution in [2.45, 2.75) is 27.2 Å². The molecule has 0 saturated carbocycles. The first-order chi connectivity index (χ1) is 6.00. The lowest BCUT2D eigenvalue weighted by molar-refractivity contribution is 0.402. The molecule has 0 fully saturated rings. The smallest absolute Gasteiger partial charge is 0.342 e. The Morgan fingerprint density at radius 3 is 2.62 bits per heavy atom. The molecule has 0 aromatic carbocycles. The molecular formula is C10H14O3. The monoisotopic (exact) mass is 182 g/mol. The summed E-state index contributed by atoms with van der Waals surface area (Å²) in [5, 5.41) is 9.33. The van der Waals surface area contributed by atoms with Crippen LogP contribution >= 0.6 is 0 Å². The maximum Gasteiger partial charge on any atom is 0.342 e. The lowest BCUT2D eigenvalue weighted by Crippen LogP contribution is -2.06. The fourth-order valence-corrected chi connectivity index (χ4v) is 1.09. The molecule has 1 heterocycles. The van der Waals surface area contributed by atoms with Gasteiger partial charge in [0.2, 0.25) is 0 Å². The Morgan fingerprint density at radius 1 is 1.54 bits per heavy atom. The molecule has 1 aromatic heterocycles. The molecule has 0 aliphatic heterocycles. The molecule has 1 N–H and O–H groups in total. The summed E-state index contributed by atoms with van der Waals surface area (Å²) in [6.07, 6.45) is 0.670. The Labute approximate surface area is 77.0 Å². The highest BCUT2D eigenvalue weighted by molar-refractivity contribution is 5.28. The largest absolute Gasteiger partial charge is 0.507 e. The molecule has 0 saturated heterocycles. The zero-order chi connectivity index (χ0) is 10.0. The van der Waals surface area contributed by atoms with Crippen molar-refractivity contribution in [3.8, 4) is 5.75 Å². The standard InChI is InChI=1S/C10H14O3/c1-6(2)4-8-5-9(11)7(3)10(12)13-8/h5-6,11H,4H2,1-3H3. The van der Waals surface area contributed by atoms with E-state index in [1.807, 2.05) is 13.8 Å². The molecule has 3 heteroatoms. The van der Waals surface area contributed by atoms with Crippen LogP contribution in [-0.2, 0) is 6.42 Å². The lowest BCUT2D eigenvalue weighted by Gasteiger charge is -2.04. The SMILES string of the molecule is Cc1c(O)cc(CC(C)C)oc1=O. The molecule has 1 aromatic rings. The summed E-state index contributed by atoms with van der Waals surface area (Å²) in [6.45, 7) is 5.59. The van der Waals surface area contributed by atoms with Gasteiger partial charge in [-0.15, -0.1) is 0 Å². The highest BCUT2D eigenvalue weighted by Crippen LogP contribution is 2.15. The topological polar surface area (TPSA) is 50.4 Å². The van der Waals surface area contributed by atoms with Crippen LogP contribution in [0.4, 0.5) is 0 Å². The van der Waals surface area contributed by atoms with Crippen molar-refractivity contribution in [3.05, 3.63) is 27.8 Å². The molecule has 1 rings (SSSR count). The summed E-state index contributed by atoms with van der Waals surface area (Å²) >= 11 is 0. The molecule has 0 unspecified atom stereocenters. The number of aromatic hydroxyl groups is 1. The van der Waals surface area contributed by atoms with Crippen LogP contribution in [0.5, 0.6) is 5.75 Å². The number of hydrogen-bond donors (Lipinski definition) is 1. The summed E-state index contributed by atoms with van der Waals surface area (Å²) in [6, 6.07) is 1.51. The third-order valence-corrected chi connectivity index (χ3v) is 1.82. The Hall–Kier alpha value is -1.25. The fourth-order valence-electron chi connectivity index (χ4n) is 1.09. The molecular weight excluding hydrogens is 168 g/mol. The third kappa shape index (κ3) is 2.34. The van der Waals surface area contributed by atoms with E-state index in [2.05, 4.69) is 0 Å². The van der Waals surface area contributed by atoms with Gasteiger partial charge in [0.25, 0.3) is 0 Å². The number of rotatable bonds is 2. The Bertz CT molecular complexity index is 350. The van der Waals surface area contributed by atoms with Gasteiger partial charge in [-0.3, -0.25) is 0 Å². The Morgan fingerprint density at radius 2 is 2.15 bits per heavy atom. The van der Waals surface area contributed by atoms with E-state index in [-0.39, 0.29) is 11.3 Å². The molecule has 0 bridgehead atoms. The highest BCUT2D eigenvalue weighted by atomic mass is 16.4. The first-order valence-corrected chi connectivity index (χ1v) is 4.33. The highest BCUT2D eigenvalue weighted by Gasteiger charge is 2.07. The summed E-state index contributed by atoms with van der Waals surface area (Å²) in [7, 11) is 0. The molecule has 0 aliphatic rings. The van der Waals surface area contributed by atoms with Crippen LogP contribution in [0.3, 0.4) is 0 Å². The summed E-state index contributed by atoms with van der Waals surface area (Å²) in [4.78, 5) is 11.1. The summed E-state index contributed by atoms with van der Waals surface area (Å²) in [5.41, 5.74) is -0.178. The Kier molecular flexibility index (Phi) is 2.76. The molecule has 0 atom stereocenters. The van der Waals surface area contributed by atoms with Gasteiger partial charge in [-0.2, -0.15) is 0 Å². The second kappa shape index (κ2) is 3.64. The van der Waals surface area contributed by atoms with E-state index in [4.69, 9.17) is 4.42 Å². The van der Waals surface area contributed by atoms with Gasteiger partial charge in [-0.25, -0.2) is 4.79 Å². The number of hydrogen-bond acceptors (Lipinski definition) is 3. The van der Waals surface area contributed by atoms with Gasteiger partial charge >= 0.3 is 5.63 Å². The van der Waals surface area contributed by atoms with Crippen LogP contribution in [0.2, 0.25) is 0 Å². The fraction of sp³-hybridized carbons (Fsp3) is 0.500. The van der Waals surface area contributed by atoms with E-state index < -0.39 is 5.63 Å². The van der Waals surface area contributed by atoms with Gasteiger partial charge in [0.15, 0.2) is 0 Å². The zero-order valence-electron chi connectivity index (χ0n) is 8.13. The quantitative estimate of drug-likeness (QED) is 0.759. The zero-order valence-corrected chi connectivity index (χ0v) is 8.13. The van der Waals surface area contributed by atoms with Gasteiger partial charge in [0.05, 0.1) is 5.56 Å². The first kappa shape index (κ1) is 9.84. The van der Waals surface area contributed by atoms with E-state index in [0.29, 0.717) is 18.1 Å². The van der Waals surface area contributed by atoms with Gasteiger partial charge in [-0.1, -0.05) is 13.8 Å². The van der Waals surface area contributed by atoms with E-state index in [1.54, 1.807) is 6.92 Å². The van der Waals surface area contributed by atoms with E-state index in [0.717, 1.165) is 0 Å². The van der Waals surface area contributed by atoms with E-state index in [9.17, 15) is 9.90 Å². The predicted octanol–water partition coefficient (Wildman–Crippen LogP) is 1.85. The second-order valence-corrected chi connectivity index (χ2v) is 3.61. The van der Waals surface area contributed by atoms with E-state index >= 15 is 0 Å². The third-order valence-electron chi connectivity index (χ3n) is 1.82. The molecule has 0 aliphatic carbocycles. The summed E-state index contributed by atoms with van der Waals surface area (Å²) < 4.78 is 4.98. The van der Waals surface area contributed by atoms with E-state index in [1.165, 1.54) is 6.07 Å². The molecule has 0 radical (unpaired) electrons. The van der Waals surface area contributed by atoms with Crippen molar-refractivity contribution in [1.82, 2.24) is 0 Å². The van der Waals surface area contributed by atoms with Crippen LogP contribution in [0.25, 0.3) is 0 Å².